The number of hydrogen-bond acceptors (Lipinski definition) is 5. The highest BCUT2D eigenvalue weighted by atomic mass is 19.1. The van der Waals surface area contributed by atoms with Gasteiger partial charge in [0.15, 0.2) is 6.10 Å². The zero-order valence-corrected chi connectivity index (χ0v) is 16.7. The summed E-state index contributed by atoms with van der Waals surface area (Å²) in [5.74, 6) is -0.819. The molecule has 1 aromatic heterocycles. The Morgan fingerprint density at radius 3 is 2.66 bits per heavy atom. The number of amides is 1. The molecule has 0 unspecified atom stereocenters. The van der Waals surface area contributed by atoms with E-state index in [2.05, 4.69) is 0 Å². The fourth-order valence-corrected chi connectivity index (χ4v) is 3.08. The van der Waals surface area contributed by atoms with Gasteiger partial charge < -0.3 is 18.8 Å². The van der Waals surface area contributed by atoms with Crippen LogP contribution in [0.1, 0.15) is 28.6 Å². The Balaban J connectivity index is 1.70. The Hall–Kier alpha value is -3.35. The normalized spacial score (nSPS) is 11.9. The number of hydrogen-bond donors (Lipinski definition) is 0. The van der Waals surface area contributed by atoms with E-state index in [4.69, 9.17) is 13.9 Å². The molecule has 0 aliphatic heterocycles. The first kappa shape index (κ1) is 20.4. The Morgan fingerprint density at radius 2 is 1.97 bits per heavy atom. The molecule has 3 rings (SSSR count). The van der Waals surface area contributed by atoms with Crippen LogP contribution in [0.25, 0.3) is 11.0 Å². The molecule has 2 aromatic carbocycles. The lowest BCUT2D eigenvalue weighted by Crippen LogP contribution is -2.37. The number of benzene rings is 2. The quantitative estimate of drug-likeness (QED) is 0.584. The van der Waals surface area contributed by atoms with Crippen molar-refractivity contribution in [3.8, 4) is 5.75 Å². The van der Waals surface area contributed by atoms with Gasteiger partial charge in [0, 0.05) is 24.5 Å². The van der Waals surface area contributed by atoms with Crippen molar-refractivity contribution in [1.82, 2.24) is 4.90 Å². The maximum Gasteiger partial charge on any atom is 0.375 e. The predicted octanol–water partition coefficient (Wildman–Crippen LogP) is 4.09. The van der Waals surface area contributed by atoms with Gasteiger partial charge in [-0.1, -0.05) is 12.1 Å². The first-order chi connectivity index (χ1) is 13.8. The summed E-state index contributed by atoms with van der Waals surface area (Å²) < 4.78 is 29.4. The number of fused-ring (bicyclic) bond motifs is 1. The summed E-state index contributed by atoms with van der Waals surface area (Å²) in [5, 5.41) is 0.735. The highest BCUT2D eigenvalue weighted by Crippen LogP contribution is 2.29. The minimum Gasteiger partial charge on any atom is -0.497 e. The molecular formula is C22H22FNO5. The summed E-state index contributed by atoms with van der Waals surface area (Å²) in [4.78, 5) is 26.5. The van der Waals surface area contributed by atoms with E-state index in [1.807, 2.05) is 0 Å². The Morgan fingerprint density at radius 1 is 1.21 bits per heavy atom. The number of aryl methyl sites for hydroxylation is 1. The molecule has 1 atom stereocenters. The topological polar surface area (TPSA) is 69.0 Å². The SMILES string of the molecule is COc1ccc2oc(C(=O)O[C@@H](C)C(=O)N(C)Cc3cccc(F)c3)c(C)c2c1. The number of carbonyl (C=O) groups is 2. The summed E-state index contributed by atoms with van der Waals surface area (Å²) >= 11 is 0. The van der Waals surface area contributed by atoms with E-state index in [-0.39, 0.29) is 18.1 Å². The molecule has 0 N–H and O–H groups in total. The first-order valence-corrected chi connectivity index (χ1v) is 9.07. The minimum absolute atomic E-state index is 0.0423. The maximum absolute atomic E-state index is 13.3. The van der Waals surface area contributed by atoms with Crippen LogP contribution in [0.3, 0.4) is 0 Å². The van der Waals surface area contributed by atoms with Gasteiger partial charge >= 0.3 is 5.97 Å². The van der Waals surface area contributed by atoms with Crippen molar-refractivity contribution in [2.75, 3.05) is 14.2 Å². The molecule has 3 aromatic rings. The zero-order chi connectivity index (χ0) is 21.1. The molecule has 0 saturated heterocycles. The maximum atomic E-state index is 13.3. The molecule has 0 aliphatic carbocycles. The van der Waals surface area contributed by atoms with Crippen LogP contribution in [0.4, 0.5) is 4.39 Å². The van der Waals surface area contributed by atoms with Crippen molar-refractivity contribution in [3.63, 3.8) is 0 Å². The third-order valence-electron chi connectivity index (χ3n) is 4.65. The summed E-state index contributed by atoms with van der Waals surface area (Å²) in [6.45, 7) is 3.43. The molecule has 0 saturated carbocycles. The Labute approximate surface area is 167 Å². The number of halogens is 1. The van der Waals surface area contributed by atoms with Gasteiger partial charge in [-0.25, -0.2) is 9.18 Å². The zero-order valence-electron chi connectivity index (χ0n) is 16.7. The average Bonchev–Trinajstić information content (AvgIpc) is 3.03. The first-order valence-electron chi connectivity index (χ1n) is 9.07. The van der Waals surface area contributed by atoms with Gasteiger partial charge in [-0.15, -0.1) is 0 Å². The van der Waals surface area contributed by atoms with E-state index in [1.165, 1.54) is 24.0 Å². The standard InChI is InChI=1S/C22H22FNO5/c1-13-18-11-17(27-4)8-9-19(18)29-20(13)22(26)28-14(2)21(25)24(3)12-15-6-5-7-16(23)10-15/h5-11,14H,12H2,1-4H3/t14-/m0/s1. The average molecular weight is 399 g/mol. The molecule has 1 heterocycles. The number of ether oxygens (including phenoxy) is 2. The molecule has 0 spiro atoms. The largest absolute Gasteiger partial charge is 0.497 e. The van der Waals surface area contributed by atoms with Crippen LogP contribution in [0.15, 0.2) is 46.9 Å². The van der Waals surface area contributed by atoms with Gasteiger partial charge in [-0.3, -0.25) is 4.79 Å². The van der Waals surface area contributed by atoms with Gasteiger partial charge in [0.1, 0.15) is 17.1 Å². The van der Waals surface area contributed by atoms with Crippen LogP contribution in [-0.4, -0.2) is 37.0 Å². The second kappa shape index (κ2) is 8.34. The smallest absolute Gasteiger partial charge is 0.375 e. The van der Waals surface area contributed by atoms with Crippen molar-refractivity contribution < 1.29 is 27.9 Å². The molecule has 0 fully saturated rings. The van der Waals surface area contributed by atoms with Crippen LogP contribution < -0.4 is 4.74 Å². The van der Waals surface area contributed by atoms with Crippen LogP contribution >= 0.6 is 0 Å². The molecule has 1 amide bonds. The van der Waals surface area contributed by atoms with Gasteiger partial charge in [0.25, 0.3) is 5.91 Å². The summed E-state index contributed by atoms with van der Waals surface area (Å²) in [6, 6.07) is 11.2. The van der Waals surface area contributed by atoms with E-state index < -0.39 is 18.0 Å². The minimum atomic E-state index is -1.02. The molecule has 0 aliphatic rings. The number of likely N-dealkylation sites (N-methyl/N-ethyl adjacent to an activating group) is 1. The third kappa shape index (κ3) is 4.39. The third-order valence-corrected chi connectivity index (χ3v) is 4.65. The molecular weight excluding hydrogens is 377 g/mol. The van der Waals surface area contributed by atoms with Gasteiger partial charge in [-0.2, -0.15) is 0 Å². The Kier molecular flexibility index (Phi) is 5.87. The summed E-state index contributed by atoms with van der Waals surface area (Å²) in [6.07, 6.45) is -1.02. The van der Waals surface area contributed by atoms with Gasteiger partial charge in [0.2, 0.25) is 5.76 Å². The molecule has 7 heteroatoms. The van der Waals surface area contributed by atoms with E-state index in [0.29, 0.717) is 22.5 Å². The van der Waals surface area contributed by atoms with E-state index in [0.717, 1.165) is 5.39 Å². The summed E-state index contributed by atoms with van der Waals surface area (Å²) in [7, 11) is 3.12. The van der Waals surface area contributed by atoms with Crippen molar-refractivity contribution in [2.45, 2.75) is 26.5 Å². The highest BCUT2D eigenvalue weighted by Gasteiger charge is 2.26. The number of methoxy groups -OCH3 is 1. The van der Waals surface area contributed by atoms with Crippen molar-refractivity contribution in [2.24, 2.45) is 0 Å². The monoisotopic (exact) mass is 399 g/mol. The second-order valence-corrected chi connectivity index (χ2v) is 6.79. The van der Waals surface area contributed by atoms with Crippen molar-refractivity contribution in [3.05, 3.63) is 65.2 Å². The lowest BCUT2D eigenvalue weighted by atomic mass is 10.1. The fourth-order valence-electron chi connectivity index (χ4n) is 3.08. The number of furan rings is 1. The van der Waals surface area contributed by atoms with Gasteiger partial charge in [0.05, 0.1) is 7.11 Å². The van der Waals surface area contributed by atoms with Crippen LogP contribution in [-0.2, 0) is 16.1 Å². The molecule has 6 nitrogen and oxygen atoms in total. The Bertz CT molecular complexity index is 1060. The van der Waals surface area contributed by atoms with Crippen molar-refractivity contribution in [1.29, 1.82) is 0 Å². The fraction of sp³-hybridized carbons (Fsp3) is 0.273. The highest BCUT2D eigenvalue weighted by molar-refractivity contribution is 5.97. The molecule has 152 valence electrons. The molecule has 0 bridgehead atoms. The van der Waals surface area contributed by atoms with Crippen LogP contribution in [0, 0.1) is 12.7 Å². The number of nitrogens with zero attached hydrogens (tertiary/aromatic N) is 1. The van der Waals surface area contributed by atoms with Gasteiger partial charge in [-0.05, 0) is 49.7 Å². The summed E-state index contributed by atoms with van der Waals surface area (Å²) in [5.41, 5.74) is 1.77. The number of esters is 1. The lowest BCUT2D eigenvalue weighted by Gasteiger charge is -2.21. The van der Waals surface area contributed by atoms with E-state index in [9.17, 15) is 14.0 Å². The lowest BCUT2D eigenvalue weighted by molar-refractivity contribution is -0.139. The predicted molar refractivity (Wildman–Crippen MR) is 105 cm³/mol. The van der Waals surface area contributed by atoms with Crippen LogP contribution in [0.5, 0.6) is 5.75 Å². The number of rotatable bonds is 6. The molecule has 29 heavy (non-hydrogen) atoms. The van der Waals surface area contributed by atoms with E-state index in [1.54, 1.807) is 51.4 Å². The second-order valence-electron chi connectivity index (χ2n) is 6.79. The van der Waals surface area contributed by atoms with E-state index >= 15 is 0 Å². The number of carbonyl (C=O) groups excluding carboxylic acids is 2. The molecule has 0 radical (unpaired) electrons. The van der Waals surface area contributed by atoms with Crippen LogP contribution in [0.2, 0.25) is 0 Å². The van der Waals surface area contributed by atoms with Crippen molar-refractivity contribution >= 4 is 22.8 Å².